The van der Waals surface area contributed by atoms with Crippen LogP contribution in [0.25, 0.3) is 0 Å². The number of rotatable bonds is 3. The number of hydrazone groups is 1. The van der Waals surface area contributed by atoms with Crippen LogP contribution in [0.15, 0.2) is 47.6 Å². The zero-order valence-corrected chi connectivity index (χ0v) is 18.2. The van der Waals surface area contributed by atoms with Crippen molar-refractivity contribution < 1.29 is 14.5 Å². The first-order valence-corrected chi connectivity index (χ1v) is 11.0. The van der Waals surface area contributed by atoms with Gasteiger partial charge in [-0.25, -0.2) is 0 Å². The summed E-state index contributed by atoms with van der Waals surface area (Å²) in [6.45, 7) is 1.73. The van der Waals surface area contributed by atoms with Crippen LogP contribution in [-0.2, 0) is 9.59 Å². The maximum Gasteiger partial charge on any atom is 0.288 e. The Morgan fingerprint density at radius 1 is 1.32 bits per heavy atom. The van der Waals surface area contributed by atoms with Crippen molar-refractivity contribution in [1.82, 2.24) is 10.3 Å². The Kier molecular flexibility index (Phi) is 5.59. The molecule has 0 saturated carbocycles. The van der Waals surface area contributed by atoms with E-state index in [4.69, 9.17) is 11.6 Å². The molecular formula is C20H18ClN5O4S. The van der Waals surface area contributed by atoms with Gasteiger partial charge in [-0.15, -0.1) is 5.10 Å². The van der Waals surface area contributed by atoms with Crippen LogP contribution in [0.1, 0.15) is 36.7 Å². The minimum atomic E-state index is -0.864. The van der Waals surface area contributed by atoms with Gasteiger partial charge in [0.2, 0.25) is 5.91 Å². The van der Waals surface area contributed by atoms with Crippen molar-refractivity contribution in [3.8, 4) is 0 Å². The molecule has 2 aromatic carbocycles. The van der Waals surface area contributed by atoms with Crippen LogP contribution in [0.5, 0.6) is 0 Å². The minimum Gasteiger partial charge on any atom is -0.302 e. The number of amidine groups is 1. The molecule has 2 aliphatic heterocycles. The lowest BCUT2D eigenvalue weighted by atomic mass is 9.95. The number of halogens is 1. The minimum absolute atomic E-state index is 0.0143. The smallest absolute Gasteiger partial charge is 0.288 e. The Labute approximate surface area is 187 Å². The maximum atomic E-state index is 13.1. The molecule has 0 bridgehead atoms. The number of amides is 2. The van der Waals surface area contributed by atoms with Gasteiger partial charge in [0.25, 0.3) is 11.6 Å². The Hall–Kier alpha value is -3.11. The highest BCUT2D eigenvalue weighted by Gasteiger charge is 2.47. The topological polar surface area (TPSA) is 108 Å². The van der Waals surface area contributed by atoms with E-state index in [1.165, 1.54) is 28.9 Å². The largest absolute Gasteiger partial charge is 0.302 e. The fourth-order valence-electron chi connectivity index (χ4n) is 3.81. The highest BCUT2D eigenvalue weighted by atomic mass is 35.5. The lowest BCUT2D eigenvalue weighted by molar-refractivity contribution is -0.384. The molecule has 2 atom stereocenters. The number of benzene rings is 2. The third-order valence-electron chi connectivity index (χ3n) is 5.16. The van der Waals surface area contributed by atoms with Crippen LogP contribution in [0.3, 0.4) is 0 Å². The van der Waals surface area contributed by atoms with Gasteiger partial charge in [-0.05, 0) is 18.4 Å². The quantitative estimate of drug-likeness (QED) is 0.552. The van der Waals surface area contributed by atoms with E-state index in [1.54, 1.807) is 48.4 Å². The molecule has 0 spiro atoms. The molecule has 0 fully saturated rings. The average molecular weight is 460 g/mol. The first-order chi connectivity index (χ1) is 14.9. The number of nitro benzene ring substituents is 1. The van der Waals surface area contributed by atoms with Gasteiger partial charge in [0.15, 0.2) is 17.4 Å². The monoisotopic (exact) mass is 459 g/mol. The van der Waals surface area contributed by atoms with E-state index < -0.39 is 17.1 Å². The average Bonchev–Trinajstić information content (AvgIpc) is 2.77. The number of carbonyl (C=O) groups is 2. The third-order valence-corrected chi connectivity index (χ3v) is 6.05. The summed E-state index contributed by atoms with van der Waals surface area (Å²) in [6, 6.07) is 10.7. The first-order valence-electron chi connectivity index (χ1n) is 9.44. The van der Waals surface area contributed by atoms with Crippen molar-refractivity contribution in [1.29, 1.82) is 0 Å². The lowest BCUT2D eigenvalue weighted by Crippen LogP contribution is -2.55. The van der Waals surface area contributed by atoms with E-state index >= 15 is 0 Å². The summed E-state index contributed by atoms with van der Waals surface area (Å²) in [5.41, 5.74) is 1.34. The van der Waals surface area contributed by atoms with Crippen molar-refractivity contribution in [3.05, 3.63) is 68.7 Å². The highest BCUT2D eigenvalue weighted by Crippen LogP contribution is 2.47. The number of nitro groups is 1. The molecule has 9 nitrogen and oxygen atoms in total. The van der Waals surface area contributed by atoms with Gasteiger partial charge < -0.3 is 5.32 Å². The molecule has 160 valence electrons. The molecule has 2 heterocycles. The summed E-state index contributed by atoms with van der Waals surface area (Å²) in [7, 11) is 0. The van der Waals surface area contributed by atoms with Gasteiger partial charge in [0.05, 0.1) is 10.6 Å². The fraction of sp³-hybridized carbons (Fsp3) is 0.250. The number of nitrogens with zero attached hydrogens (tertiary/aromatic N) is 4. The van der Waals surface area contributed by atoms with E-state index in [0.717, 1.165) is 0 Å². The van der Waals surface area contributed by atoms with E-state index in [0.29, 0.717) is 22.0 Å². The van der Waals surface area contributed by atoms with E-state index in [1.807, 2.05) is 0 Å². The molecule has 2 aromatic rings. The first kappa shape index (κ1) is 21.1. The summed E-state index contributed by atoms with van der Waals surface area (Å²) in [6.07, 6.45) is 1.11. The van der Waals surface area contributed by atoms with Crippen LogP contribution < -0.4 is 10.2 Å². The lowest BCUT2D eigenvalue weighted by Gasteiger charge is -2.48. The maximum absolute atomic E-state index is 13.1. The molecule has 11 heteroatoms. The van der Waals surface area contributed by atoms with Gasteiger partial charge in [0, 0.05) is 23.6 Å². The molecule has 0 unspecified atom stereocenters. The van der Waals surface area contributed by atoms with Crippen molar-refractivity contribution in [3.63, 3.8) is 0 Å². The van der Waals surface area contributed by atoms with Crippen molar-refractivity contribution >= 4 is 51.7 Å². The van der Waals surface area contributed by atoms with E-state index in [9.17, 15) is 19.7 Å². The second-order valence-electron chi connectivity index (χ2n) is 6.90. The van der Waals surface area contributed by atoms with Crippen LogP contribution in [-0.4, -0.2) is 33.2 Å². The SMILES string of the molecule is CCC(=O)N1c2ccccc2[C@@H]2C(=O)NC(SC)=NN2[C@@H]1c1ccc(Cl)c([N+](=O)[O-])c1. The Morgan fingerprint density at radius 2 is 2.06 bits per heavy atom. The molecular weight excluding hydrogens is 442 g/mol. The van der Waals surface area contributed by atoms with Crippen LogP contribution in [0, 0.1) is 10.1 Å². The molecule has 4 rings (SSSR count). The van der Waals surface area contributed by atoms with Crippen molar-refractivity contribution in [2.24, 2.45) is 5.10 Å². The summed E-state index contributed by atoms with van der Waals surface area (Å²) in [5, 5.41) is 20.7. The Bertz CT molecular complexity index is 1120. The molecule has 0 radical (unpaired) electrons. The van der Waals surface area contributed by atoms with Crippen LogP contribution in [0.4, 0.5) is 11.4 Å². The summed E-state index contributed by atoms with van der Waals surface area (Å²) in [5.74, 6) is -0.496. The van der Waals surface area contributed by atoms with Gasteiger partial charge in [-0.1, -0.05) is 54.6 Å². The number of hydrogen-bond acceptors (Lipinski definition) is 7. The summed E-state index contributed by atoms with van der Waals surface area (Å²) >= 11 is 7.27. The molecule has 0 aliphatic carbocycles. The molecule has 0 aromatic heterocycles. The number of carbonyl (C=O) groups excluding carboxylic acids is 2. The Balaban J connectivity index is 2.00. The van der Waals surface area contributed by atoms with Gasteiger partial charge >= 0.3 is 0 Å². The van der Waals surface area contributed by atoms with Crippen LogP contribution in [0.2, 0.25) is 5.02 Å². The second kappa shape index (κ2) is 8.20. The normalized spacial score (nSPS) is 19.8. The fourth-order valence-corrected chi connectivity index (χ4v) is 4.38. The van der Waals surface area contributed by atoms with Crippen LogP contribution >= 0.6 is 23.4 Å². The van der Waals surface area contributed by atoms with Crippen molar-refractivity contribution in [2.75, 3.05) is 11.2 Å². The highest BCUT2D eigenvalue weighted by molar-refractivity contribution is 8.13. The third kappa shape index (κ3) is 3.51. The van der Waals surface area contributed by atoms with E-state index in [2.05, 4.69) is 10.4 Å². The van der Waals surface area contributed by atoms with Gasteiger partial charge in [-0.2, -0.15) is 0 Å². The molecule has 2 amide bonds. The van der Waals surface area contributed by atoms with Crippen molar-refractivity contribution in [2.45, 2.75) is 25.6 Å². The second-order valence-corrected chi connectivity index (χ2v) is 8.10. The van der Waals surface area contributed by atoms with Gasteiger partial charge in [-0.3, -0.25) is 29.6 Å². The number of nitrogens with one attached hydrogen (secondary N) is 1. The number of para-hydroxylation sites is 1. The Morgan fingerprint density at radius 3 is 2.74 bits per heavy atom. The number of fused-ring (bicyclic) bond motifs is 3. The zero-order chi connectivity index (χ0) is 22.3. The standard InChI is InChI=1S/C20H18ClN5O4S/c1-3-16(27)24-14-7-5-4-6-12(14)17-18(28)22-20(31-2)23-25(17)19(24)11-8-9-13(21)15(10-11)26(29)30/h4-10,17,19H,3H2,1-2H3,(H,22,23,28)/t17-,19-/m1/s1. The summed E-state index contributed by atoms with van der Waals surface area (Å²) in [4.78, 5) is 38.6. The molecule has 1 N–H and O–H groups in total. The molecule has 0 saturated heterocycles. The molecule has 31 heavy (non-hydrogen) atoms. The zero-order valence-electron chi connectivity index (χ0n) is 16.6. The predicted octanol–water partition coefficient (Wildman–Crippen LogP) is 3.81. The van der Waals surface area contributed by atoms with E-state index in [-0.39, 0.29) is 28.9 Å². The molecule has 2 aliphatic rings. The van der Waals surface area contributed by atoms with Gasteiger partial charge in [0.1, 0.15) is 5.02 Å². The number of hydrogen-bond donors (Lipinski definition) is 1. The predicted molar refractivity (Wildman–Crippen MR) is 119 cm³/mol. The summed E-state index contributed by atoms with van der Waals surface area (Å²) < 4.78 is 0. The number of anilines is 1. The number of thioether (sulfide) groups is 1.